The highest BCUT2D eigenvalue weighted by atomic mass is 127. The SMILES string of the molecule is Nc1nc(-c2ccccc2)c(I)c(=O)n1N. The zero-order chi connectivity index (χ0) is 11.7. The van der Waals surface area contributed by atoms with Crippen molar-refractivity contribution in [2.75, 3.05) is 11.6 Å². The van der Waals surface area contributed by atoms with Gasteiger partial charge >= 0.3 is 0 Å². The summed E-state index contributed by atoms with van der Waals surface area (Å²) in [7, 11) is 0. The second kappa shape index (κ2) is 4.12. The van der Waals surface area contributed by atoms with Gasteiger partial charge in [0.2, 0.25) is 5.95 Å². The van der Waals surface area contributed by atoms with E-state index >= 15 is 0 Å². The van der Waals surface area contributed by atoms with E-state index in [2.05, 4.69) is 4.98 Å². The van der Waals surface area contributed by atoms with Crippen LogP contribution in [0.1, 0.15) is 0 Å². The molecule has 0 aliphatic rings. The molecule has 0 fully saturated rings. The van der Waals surface area contributed by atoms with Crippen LogP contribution in [0.4, 0.5) is 5.95 Å². The molecular formula is C10H9IN4O. The van der Waals surface area contributed by atoms with Crippen LogP contribution in [0.25, 0.3) is 11.3 Å². The molecule has 2 rings (SSSR count). The van der Waals surface area contributed by atoms with Crippen LogP contribution in [0.15, 0.2) is 35.1 Å². The van der Waals surface area contributed by atoms with Crippen molar-refractivity contribution in [2.45, 2.75) is 0 Å². The first-order chi connectivity index (χ1) is 7.61. The second-order valence-electron chi connectivity index (χ2n) is 3.17. The minimum absolute atomic E-state index is 0.00395. The first-order valence-electron chi connectivity index (χ1n) is 4.50. The summed E-state index contributed by atoms with van der Waals surface area (Å²) in [4.78, 5) is 15.8. The molecule has 0 aliphatic carbocycles. The maximum Gasteiger partial charge on any atom is 0.287 e. The number of aromatic nitrogens is 2. The summed E-state index contributed by atoms with van der Waals surface area (Å²) in [6.45, 7) is 0. The number of nitrogens with zero attached hydrogens (tertiary/aromatic N) is 2. The lowest BCUT2D eigenvalue weighted by Gasteiger charge is -2.07. The van der Waals surface area contributed by atoms with Gasteiger partial charge in [0.05, 0.1) is 5.69 Å². The van der Waals surface area contributed by atoms with Crippen LogP contribution in [-0.4, -0.2) is 9.66 Å². The molecule has 5 nitrogen and oxygen atoms in total. The lowest BCUT2D eigenvalue weighted by atomic mass is 10.1. The molecule has 4 N–H and O–H groups in total. The van der Waals surface area contributed by atoms with Gasteiger partial charge in [-0.25, -0.2) is 4.98 Å². The van der Waals surface area contributed by atoms with Crippen LogP contribution < -0.4 is 17.1 Å². The maximum absolute atomic E-state index is 11.7. The molecule has 0 aliphatic heterocycles. The number of hydrogen-bond acceptors (Lipinski definition) is 4. The van der Waals surface area contributed by atoms with E-state index in [4.69, 9.17) is 11.6 Å². The molecule has 0 spiro atoms. The Kier molecular flexibility index (Phi) is 2.82. The molecule has 0 amide bonds. The summed E-state index contributed by atoms with van der Waals surface area (Å²) in [6.07, 6.45) is 0. The number of hydrogen-bond donors (Lipinski definition) is 2. The Hall–Kier alpha value is -1.57. The average Bonchev–Trinajstić information content (AvgIpc) is 2.32. The van der Waals surface area contributed by atoms with Crippen molar-refractivity contribution >= 4 is 28.5 Å². The molecule has 16 heavy (non-hydrogen) atoms. The number of benzene rings is 1. The zero-order valence-corrected chi connectivity index (χ0v) is 10.4. The fourth-order valence-electron chi connectivity index (χ4n) is 1.32. The molecule has 1 aromatic heterocycles. The Morgan fingerprint density at radius 3 is 2.50 bits per heavy atom. The van der Waals surface area contributed by atoms with Crippen LogP contribution >= 0.6 is 22.6 Å². The first kappa shape index (κ1) is 10.9. The third kappa shape index (κ3) is 1.75. The highest BCUT2D eigenvalue weighted by Gasteiger charge is 2.12. The molecule has 1 aromatic carbocycles. The molecule has 82 valence electrons. The fourth-order valence-corrected chi connectivity index (χ4v) is 2.01. The van der Waals surface area contributed by atoms with E-state index in [0.717, 1.165) is 10.2 Å². The van der Waals surface area contributed by atoms with E-state index in [0.29, 0.717) is 9.26 Å². The molecule has 0 saturated carbocycles. The predicted molar refractivity (Wildman–Crippen MR) is 71.2 cm³/mol. The molecule has 2 aromatic rings. The fraction of sp³-hybridized carbons (Fsp3) is 0. The highest BCUT2D eigenvalue weighted by molar-refractivity contribution is 14.1. The van der Waals surface area contributed by atoms with Crippen molar-refractivity contribution in [3.63, 3.8) is 0 Å². The molecule has 0 bridgehead atoms. The Bertz CT molecular complexity index is 579. The number of halogens is 1. The summed E-state index contributed by atoms with van der Waals surface area (Å²) < 4.78 is 1.30. The van der Waals surface area contributed by atoms with E-state index < -0.39 is 0 Å². The van der Waals surface area contributed by atoms with Crippen molar-refractivity contribution < 1.29 is 0 Å². The van der Waals surface area contributed by atoms with Gasteiger partial charge in [-0.15, -0.1) is 0 Å². The predicted octanol–water partition coefficient (Wildman–Crippen LogP) is 0.811. The van der Waals surface area contributed by atoms with Crippen LogP contribution in [0.3, 0.4) is 0 Å². The van der Waals surface area contributed by atoms with Gasteiger partial charge in [0.1, 0.15) is 3.57 Å². The second-order valence-corrected chi connectivity index (χ2v) is 4.25. The van der Waals surface area contributed by atoms with E-state index in [1.54, 1.807) is 0 Å². The summed E-state index contributed by atoms with van der Waals surface area (Å²) in [6, 6.07) is 9.37. The average molecular weight is 328 g/mol. The smallest absolute Gasteiger partial charge is 0.287 e. The van der Waals surface area contributed by atoms with Gasteiger partial charge in [-0.2, -0.15) is 4.68 Å². The van der Waals surface area contributed by atoms with E-state index in [9.17, 15) is 4.79 Å². The lowest BCUT2D eigenvalue weighted by Crippen LogP contribution is -2.32. The summed E-state index contributed by atoms with van der Waals surface area (Å²) in [5.74, 6) is 5.45. The molecule has 0 saturated heterocycles. The Morgan fingerprint density at radius 2 is 1.88 bits per heavy atom. The Morgan fingerprint density at radius 1 is 1.25 bits per heavy atom. The third-order valence-corrected chi connectivity index (χ3v) is 3.11. The molecule has 1 heterocycles. The third-order valence-electron chi connectivity index (χ3n) is 2.13. The number of nitrogens with two attached hydrogens (primary N) is 2. The van der Waals surface area contributed by atoms with Gasteiger partial charge in [0.15, 0.2) is 0 Å². The number of rotatable bonds is 1. The Labute approximate surface area is 105 Å². The quantitative estimate of drug-likeness (QED) is 0.599. The van der Waals surface area contributed by atoms with Crippen molar-refractivity contribution in [3.05, 3.63) is 44.3 Å². The van der Waals surface area contributed by atoms with Gasteiger partial charge in [0.25, 0.3) is 5.56 Å². The van der Waals surface area contributed by atoms with Crippen molar-refractivity contribution in [2.24, 2.45) is 0 Å². The molecule has 0 radical (unpaired) electrons. The zero-order valence-electron chi connectivity index (χ0n) is 8.22. The summed E-state index contributed by atoms with van der Waals surface area (Å²) >= 11 is 1.92. The monoisotopic (exact) mass is 328 g/mol. The minimum atomic E-state index is -0.341. The topological polar surface area (TPSA) is 86.9 Å². The number of anilines is 1. The van der Waals surface area contributed by atoms with Gasteiger partial charge in [0, 0.05) is 5.56 Å². The van der Waals surface area contributed by atoms with Crippen LogP contribution in [0.5, 0.6) is 0 Å². The number of nitrogen functional groups attached to an aromatic ring is 2. The van der Waals surface area contributed by atoms with E-state index in [1.807, 2.05) is 52.9 Å². The summed E-state index contributed by atoms with van der Waals surface area (Å²) in [5, 5.41) is 0. The van der Waals surface area contributed by atoms with Crippen molar-refractivity contribution in [1.29, 1.82) is 0 Å². The molecule has 0 atom stereocenters. The van der Waals surface area contributed by atoms with Crippen LogP contribution in [0, 0.1) is 3.57 Å². The van der Waals surface area contributed by atoms with Gasteiger partial charge < -0.3 is 11.6 Å². The minimum Gasteiger partial charge on any atom is -0.368 e. The van der Waals surface area contributed by atoms with Gasteiger partial charge in [-0.1, -0.05) is 30.3 Å². The molecular weight excluding hydrogens is 319 g/mol. The molecule has 6 heteroatoms. The normalized spacial score (nSPS) is 10.3. The maximum atomic E-state index is 11.7. The summed E-state index contributed by atoms with van der Waals surface area (Å²) in [5.41, 5.74) is 6.61. The van der Waals surface area contributed by atoms with E-state index in [-0.39, 0.29) is 11.5 Å². The standard InChI is InChI=1S/C10H9IN4O/c11-7-8(6-4-2-1-3-5-6)14-10(12)15(13)9(7)16/h1-5H,13H2,(H2,12,14). The lowest BCUT2D eigenvalue weighted by molar-refractivity contribution is 0.902. The van der Waals surface area contributed by atoms with Gasteiger partial charge in [-0.05, 0) is 22.6 Å². The largest absolute Gasteiger partial charge is 0.368 e. The van der Waals surface area contributed by atoms with Crippen LogP contribution in [0.2, 0.25) is 0 Å². The van der Waals surface area contributed by atoms with Crippen molar-refractivity contribution in [1.82, 2.24) is 9.66 Å². The van der Waals surface area contributed by atoms with Crippen molar-refractivity contribution in [3.8, 4) is 11.3 Å². The Balaban J connectivity index is 2.73. The van der Waals surface area contributed by atoms with Crippen LogP contribution in [-0.2, 0) is 0 Å². The highest BCUT2D eigenvalue weighted by Crippen LogP contribution is 2.20. The van der Waals surface area contributed by atoms with Gasteiger partial charge in [-0.3, -0.25) is 4.79 Å². The molecule has 0 unspecified atom stereocenters. The van der Waals surface area contributed by atoms with E-state index in [1.165, 1.54) is 0 Å². The first-order valence-corrected chi connectivity index (χ1v) is 5.57.